The molecule has 3 atom stereocenters. The van der Waals surface area contributed by atoms with Gasteiger partial charge in [0.15, 0.2) is 0 Å². The van der Waals surface area contributed by atoms with Gasteiger partial charge >= 0.3 is 0 Å². The van der Waals surface area contributed by atoms with E-state index in [4.69, 9.17) is 4.74 Å². The smallest absolute Gasteiger partial charge is 0.0882 e. The first-order valence-corrected chi connectivity index (χ1v) is 7.04. The Kier molecular flexibility index (Phi) is 5.56. The molecule has 4 nitrogen and oxygen atoms in total. The highest BCUT2D eigenvalue weighted by Gasteiger charge is 2.31. The van der Waals surface area contributed by atoms with E-state index in [1.54, 1.807) is 7.11 Å². The van der Waals surface area contributed by atoms with Gasteiger partial charge in [0, 0.05) is 25.8 Å². The molecule has 0 bridgehead atoms. The minimum absolute atomic E-state index is 0.0898. The third kappa shape index (κ3) is 4.32. The maximum absolute atomic E-state index is 10.3. The molecule has 3 unspecified atom stereocenters. The Labute approximate surface area is 116 Å². The zero-order valence-electron chi connectivity index (χ0n) is 13.1. The van der Waals surface area contributed by atoms with Crippen LogP contribution in [0.3, 0.4) is 0 Å². The Morgan fingerprint density at radius 3 is 2.53 bits per heavy atom. The van der Waals surface area contributed by atoms with Crippen molar-refractivity contribution in [2.75, 3.05) is 7.11 Å². The molecule has 0 saturated carbocycles. The molecule has 0 amide bonds. The number of hydrogen-bond donors (Lipinski definition) is 1. The quantitative estimate of drug-likeness (QED) is 0.863. The molecule has 19 heavy (non-hydrogen) atoms. The second-order valence-corrected chi connectivity index (χ2v) is 6.34. The van der Waals surface area contributed by atoms with Gasteiger partial charge in [-0.05, 0) is 24.8 Å². The fourth-order valence-electron chi connectivity index (χ4n) is 2.33. The summed E-state index contributed by atoms with van der Waals surface area (Å²) in [5.41, 5.74) is 0.826. The van der Waals surface area contributed by atoms with Gasteiger partial charge in [0.05, 0.1) is 17.9 Å². The number of hydrogen-bond acceptors (Lipinski definition) is 3. The Bertz CT molecular complexity index is 382. The Hall–Kier alpha value is -0.870. The van der Waals surface area contributed by atoms with Crippen LogP contribution < -0.4 is 0 Å². The van der Waals surface area contributed by atoms with Crippen molar-refractivity contribution in [3.05, 3.63) is 18.0 Å². The summed E-state index contributed by atoms with van der Waals surface area (Å²) in [6, 6.07) is 2.37. The third-order valence-electron chi connectivity index (χ3n) is 3.58. The summed E-state index contributed by atoms with van der Waals surface area (Å²) >= 11 is 0. The third-order valence-corrected chi connectivity index (χ3v) is 3.58. The number of ether oxygens (including phenoxy) is 1. The fraction of sp³-hybridized carbons (Fsp3) is 0.800. The minimum atomic E-state index is -0.537. The second kappa shape index (κ2) is 6.53. The molecular weight excluding hydrogens is 240 g/mol. The second-order valence-electron chi connectivity index (χ2n) is 6.34. The van der Waals surface area contributed by atoms with Crippen LogP contribution in [0.1, 0.15) is 52.8 Å². The highest BCUT2D eigenvalue weighted by molar-refractivity contribution is 5.03. The van der Waals surface area contributed by atoms with Crippen LogP contribution >= 0.6 is 0 Å². The fourth-order valence-corrected chi connectivity index (χ4v) is 2.33. The number of nitrogens with zero attached hydrogens (tertiary/aromatic N) is 2. The molecule has 1 rings (SSSR count). The van der Waals surface area contributed by atoms with Crippen molar-refractivity contribution < 1.29 is 9.84 Å². The summed E-state index contributed by atoms with van der Waals surface area (Å²) in [5.74, 6) is 0. The van der Waals surface area contributed by atoms with Crippen molar-refractivity contribution in [3.8, 4) is 0 Å². The van der Waals surface area contributed by atoms with Crippen LogP contribution in [0.25, 0.3) is 0 Å². The lowest BCUT2D eigenvalue weighted by Crippen LogP contribution is -2.40. The average molecular weight is 268 g/mol. The van der Waals surface area contributed by atoms with E-state index < -0.39 is 6.10 Å². The van der Waals surface area contributed by atoms with Gasteiger partial charge in [-0.15, -0.1) is 0 Å². The number of methoxy groups -OCH3 is 1. The van der Waals surface area contributed by atoms with Gasteiger partial charge in [-0.25, -0.2) is 0 Å². The predicted molar refractivity (Wildman–Crippen MR) is 77.2 cm³/mol. The van der Waals surface area contributed by atoms with Crippen LogP contribution in [-0.4, -0.2) is 34.2 Å². The Morgan fingerprint density at radius 1 is 1.42 bits per heavy atom. The van der Waals surface area contributed by atoms with E-state index >= 15 is 0 Å². The zero-order valence-corrected chi connectivity index (χ0v) is 13.1. The molecule has 0 aliphatic heterocycles. The van der Waals surface area contributed by atoms with E-state index in [0.29, 0.717) is 12.5 Å². The average Bonchev–Trinajstić information content (AvgIpc) is 2.75. The summed E-state index contributed by atoms with van der Waals surface area (Å²) in [6.45, 7) is 10.5. The number of aliphatic hydroxyl groups is 1. The largest absolute Gasteiger partial charge is 0.390 e. The van der Waals surface area contributed by atoms with Gasteiger partial charge in [-0.2, -0.15) is 5.10 Å². The molecule has 0 spiro atoms. The molecule has 0 aliphatic carbocycles. The van der Waals surface area contributed by atoms with Crippen LogP contribution in [0.15, 0.2) is 12.3 Å². The maximum Gasteiger partial charge on any atom is 0.0882 e. The van der Waals surface area contributed by atoms with Crippen LogP contribution in [0.4, 0.5) is 0 Å². The van der Waals surface area contributed by atoms with E-state index in [1.165, 1.54) is 0 Å². The molecule has 0 radical (unpaired) electrons. The molecular formula is C15H28N2O2. The lowest BCUT2D eigenvalue weighted by Gasteiger charge is -2.32. The Balaban J connectivity index is 2.71. The molecule has 1 aromatic rings. The van der Waals surface area contributed by atoms with Crippen molar-refractivity contribution in [1.29, 1.82) is 0 Å². The van der Waals surface area contributed by atoms with Crippen LogP contribution in [0, 0.1) is 5.41 Å². The van der Waals surface area contributed by atoms with Gasteiger partial charge in [0.1, 0.15) is 0 Å². The predicted octanol–water partition coefficient (Wildman–Crippen LogP) is 2.82. The normalized spacial score (nSPS) is 17.2. The lowest BCUT2D eigenvalue weighted by molar-refractivity contribution is -0.0702. The summed E-state index contributed by atoms with van der Waals surface area (Å²) < 4.78 is 7.40. The van der Waals surface area contributed by atoms with Gasteiger partial charge in [0.2, 0.25) is 0 Å². The lowest BCUT2D eigenvalue weighted by atomic mass is 9.84. The zero-order chi connectivity index (χ0) is 14.6. The first kappa shape index (κ1) is 16.2. The van der Waals surface area contributed by atoms with Crippen molar-refractivity contribution >= 4 is 0 Å². The summed E-state index contributed by atoms with van der Waals surface area (Å²) in [6.07, 6.45) is 2.83. The van der Waals surface area contributed by atoms with E-state index in [2.05, 4.69) is 39.7 Å². The van der Waals surface area contributed by atoms with Gasteiger partial charge < -0.3 is 9.84 Å². The van der Waals surface area contributed by atoms with Gasteiger partial charge in [-0.3, -0.25) is 4.68 Å². The van der Waals surface area contributed by atoms with Crippen molar-refractivity contribution in [2.45, 2.75) is 65.7 Å². The van der Waals surface area contributed by atoms with Crippen LogP contribution in [0.2, 0.25) is 0 Å². The summed E-state index contributed by atoms with van der Waals surface area (Å²) in [4.78, 5) is 0. The molecule has 1 aromatic heterocycles. The highest BCUT2D eigenvalue weighted by atomic mass is 16.5. The monoisotopic (exact) mass is 268 g/mol. The molecule has 0 saturated heterocycles. The van der Waals surface area contributed by atoms with E-state index in [9.17, 15) is 5.11 Å². The Morgan fingerprint density at radius 2 is 2.05 bits per heavy atom. The van der Waals surface area contributed by atoms with Crippen LogP contribution in [-0.2, 0) is 11.2 Å². The summed E-state index contributed by atoms with van der Waals surface area (Å²) in [7, 11) is 1.65. The van der Waals surface area contributed by atoms with Crippen LogP contribution in [0.5, 0.6) is 0 Å². The standard InChI is InChI=1S/C15H28N2O2/c1-7-11(2)17-9-8-12(16-17)10-13(18)14(19-6)15(3,4)5/h8-9,11,13-14,18H,7,10H2,1-6H3. The van der Waals surface area contributed by atoms with Crippen molar-refractivity contribution in [2.24, 2.45) is 5.41 Å². The number of rotatable bonds is 6. The molecule has 0 fully saturated rings. The topological polar surface area (TPSA) is 47.3 Å². The molecule has 0 aromatic carbocycles. The van der Waals surface area contributed by atoms with Gasteiger partial charge in [0.25, 0.3) is 0 Å². The van der Waals surface area contributed by atoms with Gasteiger partial charge in [-0.1, -0.05) is 27.7 Å². The maximum atomic E-state index is 10.3. The molecule has 4 heteroatoms. The number of aromatic nitrogens is 2. The first-order valence-electron chi connectivity index (χ1n) is 7.04. The van der Waals surface area contributed by atoms with Crippen molar-refractivity contribution in [1.82, 2.24) is 9.78 Å². The van der Waals surface area contributed by atoms with Crippen molar-refractivity contribution in [3.63, 3.8) is 0 Å². The minimum Gasteiger partial charge on any atom is -0.390 e. The SMILES string of the molecule is CCC(C)n1ccc(CC(O)C(OC)C(C)(C)C)n1. The molecule has 1 N–H and O–H groups in total. The highest BCUT2D eigenvalue weighted by Crippen LogP contribution is 2.26. The van der Waals surface area contributed by atoms with E-state index in [-0.39, 0.29) is 11.5 Å². The molecule has 1 heterocycles. The number of aliphatic hydroxyl groups excluding tert-OH is 1. The summed E-state index contributed by atoms with van der Waals surface area (Å²) in [5, 5.41) is 14.8. The first-order chi connectivity index (χ1) is 8.79. The van der Waals surface area contributed by atoms with E-state index in [0.717, 1.165) is 12.1 Å². The van der Waals surface area contributed by atoms with E-state index in [1.807, 2.05) is 16.9 Å². The molecule has 0 aliphatic rings. The molecule has 110 valence electrons.